The highest BCUT2D eigenvalue weighted by Crippen LogP contribution is 2.45. The number of aliphatic imine (C=N–C) groups is 2. The Hall–Kier alpha value is -0.390. The summed E-state index contributed by atoms with van der Waals surface area (Å²) in [6, 6.07) is 0. The minimum atomic E-state index is -2.70. The molecule has 0 bridgehead atoms. The first-order valence-corrected chi connectivity index (χ1v) is 5.47. The summed E-state index contributed by atoms with van der Waals surface area (Å²) in [6.07, 6.45) is 1.47. The second-order valence-electron chi connectivity index (χ2n) is 2.90. The molecular weight excluding hydrogens is 176 g/mol. The minimum absolute atomic E-state index is 0.194. The van der Waals surface area contributed by atoms with Crippen LogP contribution in [0, 0.1) is 0 Å². The molecule has 0 fully saturated rings. The Balaban J connectivity index is 2.80. The van der Waals surface area contributed by atoms with Crippen LogP contribution in [0.15, 0.2) is 9.98 Å². The van der Waals surface area contributed by atoms with Gasteiger partial charge in [0.1, 0.15) is 0 Å². The highest BCUT2D eigenvalue weighted by atomic mass is 32.3. The summed E-state index contributed by atoms with van der Waals surface area (Å²) in [5, 5.41) is 0.157. The Morgan fingerprint density at radius 1 is 1.42 bits per heavy atom. The van der Waals surface area contributed by atoms with Crippen LogP contribution in [0.3, 0.4) is 0 Å². The molecule has 2 N–H and O–H groups in total. The first-order chi connectivity index (χ1) is 5.55. The maximum atomic E-state index is 9.63. The zero-order valence-corrected chi connectivity index (χ0v) is 8.08. The molecule has 0 radical (unpaired) electrons. The van der Waals surface area contributed by atoms with Crippen LogP contribution >= 0.6 is 10.6 Å². The molecule has 0 amide bonds. The summed E-state index contributed by atoms with van der Waals surface area (Å²) in [7, 11) is -2.70. The fourth-order valence-electron chi connectivity index (χ4n) is 0.815. The zero-order valence-electron chi connectivity index (χ0n) is 7.27. The van der Waals surface area contributed by atoms with Crippen molar-refractivity contribution in [2.45, 2.75) is 19.1 Å². The molecule has 0 saturated heterocycles. The predicted octanol–water partition coefficient (Wildman–Crippen LogP) is 1.63. The van der Waals surface area contributed by atoms with Crippen molar-refractivity contribution in [3.05, 3.63) is 0 Å². The van der Waals surface area contributed by atoms with Gasteiger partial charge in [0.25, 0.3) is 0 Å². The van der Waals surface area contributed by atoms with E-state index in [4.69, 9.17) is 0 Å². The molecule has 1 aliphatic heterocycles. The number of hydrogen-bond donors (Lipinski definition) is 2. The molecule has 0 spiro atoms. The van der Waals surface area contributed by atoms with Crippen molar-refractivity contribution < 1.29 is 9.11 Å². The van der Waals surface area contributed by atoms with E-state index >= 15 is 0 Å². The molecule has 1 heterocycles. The summed E-state index contributed by atoms with van der Waals surface area (Å²) in [5.74, 6) is 0. The molecular formula is C7H14N2O2S. The van der Waals surface area contributed by atoms with Gasteiger partial charge in [-0.25, -0.2) is 0 Å². The van der Waals surface area contributed by atoms with Gasteiger partial charge in [-0.2, -0.15) is 0 Å². The molecule has 1 aliphatic rings. The molecule has 12 heavy (non-hydrogen) atoms. The third-order valence-electron chi connectivity index (χ3n) is 1.66. The van der Waals surface area contributed by atoms with Gasteiger partial charge < -0.3 is 0 Å². The van der Waals surface area contributed by atoms with Crippen molar-refractivity contribution >= 4 is 21.8 Å². The molecule has 5 heteroatoms. The van der Waals surface area contributed by atoms with Crippen molar-refractivity contribution in [1.29, 1.82) is 0 Å². The molecule has 0 saturated carbocycles. The van der Waals surface area contributed by atoms with Crippen LogP contribution in [-0.2, 0) is 0 Å². The Bertz CT molecular complexity index is 223. The lowest BCUT2D eigenvalue weighted by molar-refractivity contribution is 0.494. The SMILES string of the molecule is CC(C)S(O)(O)C1=NCCN=C1. The van der Waals surface area contributed by atoms with Gasteiger partial charge in [-0.15, -0.1) is 10.6 Å². The van der Waals surface area contributed by atoms with Gasteiger partial charge in [0.15, 0.2) is 5.04 Å². The Morgan fingerprint density at radius 2 is 2.08 bits per heavy atom. The quantitative estimate of drug-likeness (QED) is 0.660. The minimum Gasteiger partial charge on any atom is -0.293 e. The molecule has 0 unspecified atom stereocenters. The molecule has 0 aromatic heterocycles. The lowest BCUT2D eigenvalue weighted by Gasteiger charge is -2.36. The molecule has 4 nitrogen and oxygen atoms in total. The normalized spacial score (nSPS) is 19.6. The first-order valence-electron chi connectivity index (χ1n) is 3.86. The predicted molar refractivity (Wildman–Crippen MR) is 53.6 cm³/mol. The van der Waals surface area contributed by atoms with E-state index in [1.807, 2.05) is 0 Å². The smallest absolute Gasteiger partial charge is 0.160 e. The second kappa shape index (κ2) is 3.55. The third-order valence-corrected chi connectivity index (χ3v) is 3.83. The molecule has 1 rings (SSSR count). The average Bonchev–Trinajstić information content (AvgIpc) is 2.06. The average molecular weight is 190 g/mol. The fraction of sp³-hybridized carbons (Fsp3) is 0.714. The highest BCUT2D eigenvalue weighted by molar-refractivity contribution is 8.38. The first kappa shape index (κ1) is 9.70. The molecule has 70 valence electrons. The monoisotopic (exact) mass is 190 g/mol. The van der Waals surface area contributed by atoms with E-state index in [1.165, 1.54) is 6.21 Å². The van der Waals surface area contributed by atoms with E-state index in [9.17, 15) is 9.11 Å². The maximum Gasteiger partial charge on any atom is 0.160 e. The van der Waals surface area contributed by atoms with Crippen molar-refractivity contribution in [3.8, 4) is 0 Å². The largest absolute Gasteiger partial charge is 0.293 e. The van der Waals surface area contributed by atoms with Gasteiger partial charge in [-0.1, -0.05) is 0 Å². The molecule has 0 aromatic rings. The topological polar surface area (TPSA) is 65.2 Å². The zero-order chi connectivity index (χ0) is 9.19. The summed E-state index contributed by atoms with van der Waals surface area (Å²) in [6.45, 7) is 4.74. The summed E-state index contributed by atoms with van der Waals surface area (Å²) in [5.41, 5.74) is 0. The van der Waals surface area contributed by atoms with Gasteiger partial charge in [-0.3, -0.25) is 19.1 Å². The third kappa shape index (κ3) is 1.85. The van der Waals surface area contributed by atoms with Gasteiger partial charge >= 0.3 is 0 Å². The molecule has 0 aromatic carbocycles. The number of rotatable bonds is 1. The van der Waals surface area contributed by atoms with Crippen LogP contribution in [0.5, 0.6) is 0 Å². The van der Waals surface area contributed by atoms with Crippen molar-refractivity contribution in [3.63, 3.8) is 0 Å². The molecule has 0 atom stereocenters. The van der Waals surface area contributed by atoms with Crippen molar-refractivity contribution in [2.75, 3.05) is 13.1 Å². The van der Waals surface area contributed by atoms with Gasteiger partial charge in [-0.05, 0) is 13.8 Å². The fourth-order valence-corrected chi connectivity index (χ4v) is 1.81. The van der Waals surface area contributed by atoms with Crippen LogP contribution in [0.4, 0.5) is 0 Å². The Labute approximate surface area is 73.8 Å². The van der Waals surface area contributed by atoms with E-state index < -0.39 is 10.6 Å². The lowest BCUT2D eigenvalue weighted by Crippen LogP contribution is -2.23. The van der Waals surface area contributed by atoms with Crippen LogP contribution < -0.4 is 0 Å². The Kier molecular flexibility index (Phi) is 2.87. The highest BCUT2D eigenvalue weighted by Gasteiger charge is 2.23. The maximum absolute atomic E-state index is 9.63. The number of hydrogen-bond acceptors (Lipinski definition) is 4. The van der Waals surface area contributed by atoms with E-state index in [2.05, 4.69) is 9.98 Å². The van der Waals surface area contributed by atoms with E-state index in [-0.39, 0.29) is 5.25 Å². The summed E-state index contributed by atoms with van der Waals surface area (Å²) in [4.78, 5) is 7.98. The van der Waals surface area contributed by atoms with Crippen LogP contribution in [0.25, 0.3) is 0 Å². The lowest BCUT2D eigenvalue weighted by atomic mass is 10.6. The standard InChI is InChI=1S/C7H14N2O2S/c1-6(2)12(10,11)7-5-8-3-4-9-7/h5-6,10-11H,3-4H2,1-2H3. The van der Waals surface area contributed by atoms with Gasteiger partial charge in [0, 0.05) is 5.25 Å². The molecule has 0 aliphatic carbocycles. The summed E-state index contributed by atoms with van der Waals surface area (Å²) < 4.78 is 19.3. The van der Waals surface area contributed by atoms with Crippen LogP contribution in [-0.4, -0.2) is 38.7 Å². The van der Waals surface area contributed by atoms with Gasteiger partial charge in [0.05, 0.1) is 19.3 Å². The van der Waals surface area contributed by atoms with Crippen molar-refractivity contribution in [2.24, 2.45) is 9.98 Å². The van der Waals surface area contributed by atoms with Crippen LogP contribution in [0.1, 0.15) is 13.8 Å². The van der Waals surface area contributed by atoms with E-state index in [0.29, 0.717) is 18.1 Å². The van der Waals surface area contributed by atoms with E-state index in [0.717, 1.165) is 0 Å². The summed E-state index contributed by atoms with van der Waals surface area (Å²) >= 11 is 0. The second-order valence-corrected chi connectivity index (χ2v) is 5.44. The number of nitrogens with zero attached hydrogens (tertiary/aromatic N) is 2. The van der Waals surface area contributed by atoms with Crippen molar-refractivity contribution in [1.82, 2.24) is 0 Å². The van der Waals surface area contributed by atoms with E-state index in [1.54, 1.807) is 13.8 Å². The Morgan fingerprint density at radius 3 is 2.50 bits per heavy atom. The van der Waals surface area contributed by atoms with Gasteiger partial charge in [0.2, 0.25) is 0 Å². The van der Waals surface area contributed by atoms with Crippen LogP contribution in [0.2, 0.25) is 0 Å².